The maximum Gasteiger partial charge on any atom is 0.248 e. The third-order valence-corrected chi connectivity index (χ3v) is 4.14. The van der Waals surface area contributed by atoms with E-state index in [1.807, 2.05) is 27.7 Å². The standard InChI is InChI=1S/C15H26N4O2.ClH/c1-9(13-18-14(19-21-13)15(2,3)4)17-12(20)11-7-5-6-10(11)8-16;/h9-11H,5-8,16H2,1-4H3,(H,17,20);1H/t9?,10-,11-;/m1./s1. The minimum absolute atomic E-state index is 0. The smallest absolute Gasteiger partial charge is 0.248 e. The zero-order valence-electron chi connectivity index (χ0n) is 13.8. The van der Waals surface area contributed by atoms with Gasteiger partial charge in [-0.2, -0.15) is 4.98 Å². The summed E-state index contributed by atoms with van der Waals surface area (Å²) in [6.45, 7) is 8.51. The zero-order valence-corrected chi connectivity index (χ0v) is 14.6. The van der Waals surface area contributed by atoms with Crippen LogP contribution in [0.1, 0.15) is 64.7 Å². The van der Waals surface area contributed by atoms with Crippen molar-refractivity contribution in [1.82, 2.24) is 15.5 Å². The number of nitrogens with one attached hydrogen (secondary N) is 1. The first kappa shape index (κ1) is 18.9. The number of aromatic nitrogens is 2. The molecule has 1 aromatic heterocycles. The number of nitrogens with zero attached hydrogens (tertiary/aromatic N) is 2. The summed E-state index contributed by atoms with van der Waals surface area (Å²) < 4.78 is 5.27. The molecule has 1 unspecified atom stereocenters. The first-order valence-corrected chi connectivity index (χ1v) is 7.67. The summed E-state index contributed by atoms with van der Waals surface area (Å²) in [6.07, 6.45) is 3.03. The second kappa shape index (κ2) is 7.42. The Kier molecular flexibility index (Phi) is 6.38. The van der Waals surface area contributed by atoms with Crippen molar-refractivity contribution < 1.29 is 9.32 Å². The van der Waals surface area contributed by atoms with Crippen molar-refractivity contribution in [1.29, 1.82) is 0 Å². The lowest BCUT2D eigenvalue weighted by molar-refractivity contribution is -0.126. The number of hydrogen-bond acceptors (Lipinski definition) is 5. The number of hydrogen-bond donors (Lipinski definition) is 2. The molecular weight excluding hydrogens is 304 g/mol. The second-order valence-corrected chi connectivity index (χ2v) is 6.97. The molecule has 126 valence electrons. The monoisotopic (exact) mass is 330 g/mol. The number of rotatable bonds is 4. The Hall–Kier alpha value is -1.14. The number of carbonyl (C=O) groups is 1. The summed E-state index contributed by atoms with van der Waals surface area (Å²) in [5, 5.41) is 6.96. The van der Waals surface area contributed by atoms with E-state index in [1.165, 1.54) is 0 Å². The highest BCUT2D eigenvalue weighted by Crippen LogP contribution is 2.31. The Labute approximate surface area is 138 Å². The molecule has 1 fully saturated rings. The van der Waals surface area contributed by atoms with E-state index in [0.717, 1.165) is 19.3 Å². The molecule has 6 nitrogen and oxygen atoms in total. The van der Waals surface area contributed by atoms with Gasteiger partial charge in [-0.25, -0.2) is 0 Å². The van der Waals surface area contributed by atoms with Crippen LogP contribution in [0.5, 0.6) is 0 Å². The molecular formula is C15H27ClN4O2. The molecule has 0 aromatic carbocycles. The molecule has 0 saturated heterocycles. The summed E-state index contributed by atoms with van der Waals surface area (Å²) in [4.78, 5) is 16.7. The average Bonchev–Trinajstić information content (AvgIpc) is 3.06. The Morgan fingerprint density at radius 2 is 2.14 bits per heavy atom. The minimum atomic E-state index is -0.278. The fraction of sp³-hybridized carbons (Fsp3) is 0.800. The molecule has 1 heterocycles. The summed E-state index contributed by atoms with van der Waals surface area (Å²) in [5.74, 6) is 1.47. The SMILES string of the molecule is CC(NC(=O)[C@@H]1CCC[C@@H]1CN)c1nc(C(C)(C)C)no1.Cl. The Bertz CT molecular complexity index is 498. The fourth-order valence-electron chi connectivity index (χ4n) is 2.76. The van der Waals surface area contributed by atoms with E-state index in [-0.39, 0.29) is 35.7 Å². The lowest BCUT2D eigenvalue weighted by atomic mass is 9.95. The van der Waals surface area contributed by atoms with Gasteiger partial charge in [0.05, 0.1) is 0 Å². The van der Waals surface area contributed by atoms with Gasteiger partial charge in [0.2, 0.25) is 11.8 Å². The van der Waals surface area contributed by atoms with Crippen LogP contribution in [0.3, 0.4) is 0 Å². The van der Waals surface area contributed by atoms with Gasteiger partial charge >= 0.3 is 0 Å². The van der Waals surface area contributed by atoms with E-state index >= 15 is 0 Å². The first-order valence-electron chi connectivity index (χ1n) is 7.67. The van der Waals surface area contributed by atoms with Gasteiger partial charge in [0.15, 0.2) is 5.82 Å². The summed E-state index contributed by atoms with van der Waals surface area (Å²) in [7, 11) is 0. The highest BCUT2D eigenvalue weighted by molar-refractivity contribution is 5.85. The summed E-state index contributed by atoms with van der Waals surface area (Å²) >= 11 is 0. The second-order valence-electron chi connectivity index (χ2n) is 6.97. The van der Waals surface area contributed by atoms with Crippen LogP contribution in [-0.4, -0.2) is 22.6 Å². The zero-order chi connectivity index (χ0) is 15.6. The molecule has 1 amide bonds. The first-order chi connectivity index (χ1) is 9.82. The van der Waals surface area contributed by atoms with Crippen LogP contribution in [0.15, 0.2) is 4.52 Å². The predicted octanol–water partition coefficient (Wildman–Crippen LogP) is 2.34. The van der Waals surface area contributed by atoms with Crippen LogP contribution in [0.25, 0.3) is 0 Å². The van der Waals surface area contributed by atoms with Crippen molar-refractivity contribution in [2.45, 2.75) is 58.4 Å². The Morgan fingerprint density at radius 3 is 2.68 bits per heavy atom. The number of amides is 1. The third-order valence-electron chi connectivity index (χ3n) is 4.14. The molecule has 0 spiro atoms. The Morgan fingerprint density at radius 1 is 1.45 bits per heavy atom. The average molecular weight is 331 g/mol. The van der Waals surface area contributed by atoms with E-state index < -0.39 is 0 Å². The maximum atomic E-state index is 12.3. The molecule has 1 saturated carbocycles. The summed E-state index contributed by atoms with van der Waals surface area (Å²) in [5.41, 5.74) is 5.57. The van der Waals surface area contributed by atoms with Crippen LogP contribution in [0.2, 0.25) is 0 Å². The van der Waals surface area contributed by atoms with E-state index in [2.05, 4.69) is 15.5 Å². The van der Waals surface area contributed by atoms with Gasteiger partial charge in [-0.1, -0.05) is 32.3 Å². The largest absolute Gasteiger partial charge is 0.344 e. The maximum absolute atomic E-state index is 12.3. The molecule has 7 heteroatoms. The van der Waals surface area contributed by atoms with Gasteiger partial charge < -0.3 is 15.6 Å². The van der Waals surface area contributed by atoms with Gasteiger partial charge in [-0.15, -0.1) is 12.4 Å². The lowest BCUT2D eigenvalue weighted by Crippen LogP contribution is -2.36. The highest BCUT2D eigenvalue weighted by atomic mass is 35.5. The van der Waals surface area contributed by atoms with Crippen molar-refractivity contribution in [2.24, 2.45) is 17.6 Å². The van der Waals surface area contributed by atoms with E-state index in [4.69, 9.17) is 10.3 Å². The quantitative estimate of drug-likeness (QED) is 0.883. The molecule has 0 radical (unpaired) electrons. The predicted molar refractivity (Wildman–Crippen MR) is 86.7 cm³/mol. The molecule has 3 atom stereocenters. The van der Waals surface area contributed by atoms with Crippen molar-refractivity contribution in [2.75, 3.05) is 6.54 Å². The van der Waals surface area contributed by atoms with Gasteiger partial charge in [0, 0.05) is 11.3 Å². The topological polar surface area (TPSA) is 94.0 Å². The normalized spacial score (nSPS) is 23.0. The van der Waals surface area contributed by atoms with Crippen molar-refractivity contribution in [3.05, 3.63) is 11.7 Å². The van der Waals surface area contributed by atoms with E-state index in [9.17, 15) is 4.79 Å². The molecule has 2 rings (SSSR count). The number of nitrogens with two attached hydrogens (primary N) is 1. The minimum Gasteiger partial charge on any atom is -0.344 e. The van der Waals surface area contributed by atoms with Crippen LogP contribution >= 0.6 is 12.4 Å². The number of halogens is 1. The molecule has 1 aliphatic rings. The van der Waals surface area contributed by atoms with Crippen LogP contribution < -0.4 is 11.1 Å². The molecule has 3 N–H and O–H groups in total. The fourth-order valence-corrected chi connectivity index (χ4v) is 2.76. The van der Waals surface area contributed by atoms with Gasteiger partial charge in [0.1, 0.15) is 6.04 Å². The van der Waals surface area contributed by atoms with Crippen molar-refractivity contribution in [3.63, 3.8) is 0 Å². The third kappa shape index (κ3) is 4.20. The molecule has 1 aliphatic carbocycles. The van der Waals surface area contributed by atoms with Crippen LogP contribution in [0, 0.1) is 11.8 Å². The molecule has 0 bridgehead atoms. The lowest BCUT2D eigenvalue weighted by Gasteiger charge is -2.19. The van der Waals surface area contributed by atoms with Gasteiger partial charge in [-0.05, 0) is 32.2 Å². The van der Waals surface area contributed by atoms with E-state index in [1.54, 1.807) is 0 Å². The van der Waals surface area contributed by atoms with Crippen LogP contribution in [-0.2, 0) is 10.2 Å². The molecule has 0 aliphatic heterocycles. The number of carbonyl (C=O) groups excluding carboxylic acids is 1. The van der Waals surface area contributed by atoms with Gasteiger partial charge in [-0.3, -0.25) is 4.79 Å². The highest BCUT2D eigenvalue weighted by Gasteiger charge is 2.33. The van der Waals surface area contributed by atoms with Gasteiger partial charge in [0.25, 0.3) is 0 Å². The van der Waals surface area contributed by atoms with E-state index in [0.29, 0.717) is 24.2 Å². The Balaban J connectivity index is 0.00000242. The van der Waals surface area contributed by atoms with Crippen LogP contribution in [0.4, 0.5) is 0 Å². The summed E-state index contributed by atoms with van der Waals surface area (Å²) in [6, 6.07) is -0.278. The van der Waals surface area contributed by atoms with Crippen molar-refractivity contribution in [3.8, 4) is 0 Å². The molecule has 1 aromatic rings. The van der Waals surface area contributed by atoms with Crippen molar-refractivity contribution >= 4 is 18.3 Å². The molecule has 22 heavy (non-hydrogen) atoms.